The second-order valence-electron chi connectivity index (χ2n) is 3.60. The summed E-state index contributed by atoms with van der Waals surface area (Å²) in [7, 11) is 0. The van der Waals surface area contributed by atoms with Crippen LogP contribution in [0.1, 0.15) is 30.6 Å². The molecule has 1 saturated heterocycles. The fourth-order valence-corrected chi connectivity index (χ4v) is 1.71. The Balaban J connectivity index is 2.51. The molecule has 15 heavy (non-hydrogen) atoms. The van der Waals surface area contributed by atoms with Gasteiger partial charge in [-0.3, -0.25) is 4.79 Å². The lowest BCUT2D eigenvalue weighted by atomic mass is 10.1. The van der Waals surface area contributed by atoms with Crippen LogP contribution >= 0.6 is 0 Å². The minimum absolute atomic E-state index is 0.309. The molecule has 0 radical (unpaired) electrons. The zero-order valence-corrected chi connectivity index (χ0v) is 8.37. The molecule has 1 aliphatic heterocycles. The maximum atomic E-state index is 12.4. The number of carbonyl (C=O) groups is 1. The van der Waals surface area contributed by atoms with Gasteiger partial charge in [0.05, 0.1) is 19.0 Å². The van der Waals surface area contributed by atoms with Crippen molar-refractivity contribution in [3.8, 4) is 0 Å². The molecule has 2 rings (SSSR count). The summed E-state index contributed by atoms with van der Waals surface area (Å²) in [5.41, 5.74) is -0.336. The molecule has 0 aliphatic carbocycles. The Bertz CT molecular complexity index is 548. The molecule has 1 aromatic carbocycles. The monoisotopic (exact) mass is 210 g/mol. The van der Waals surface area contributed by atoms with Crippen LogP contribution in [0.4, 0.5) is 0 Å². The standard InChI is InChI=1S/C12H15NO2/c1-9-11(14)7-8-13(9)12(15)10-5-3-2-4-6-10/h2-6,9,11,14H,7-8H2,1H3/t9-,11+/m1/s1/i2D,3D,4D,5D,6D. The van der Waals surface area contributed by atoms with E-state index in [0.29, 0.717) is 13.0 Å². The summed E-state index contributed by atoms with van der Waals surface area (Å²) in [5.74, 6) is -0.633. The number of benzene rings is 1. The van der Waals surface area contributed by atoms with Gasteiger partial charge in [0, 0.05) is 12.1 Å². The van der Waals surface area contributed by atoms with Crippen molar-refractivity contribution in [3.05, 3.63) is 35.8 Å². The van der Waals surface area contributed by atoms with Gasteiger partial charge < -0.3 is 10.0 Å². The van der Waals surface area contributed by atoms with Crippen LogP contribution < -0.4 is 0 Å². The minimum Gasteiger partial charge on any atom is -0.391 e. The van der Waals surface area contributed by atoms with E-state index in [-0.39, 0.29) is 5.56 Å². The summed E-state index contributed by atoms with van der Waals surface area (Å²) in [4.78, 5) is 13.8. The second-order valence-corrected chi connectivity index (χ2v) is 3.60. The molecule has 0 saturated carbocycles. The Morgan fingerprint density at radius 3 is 2.73 bits per heavy atom. The van der Waals surface area contributed by atoms with Crippen LogP contribution in [0.25, 0.3) is 0 Å². The highest BCUT2D eigenvalue weighted by molar-refractivity contribution is 5.94. The predicted molar refractivity (Wildman–Crippen MR) is 57.6 cm³/mol. The number of aliphatic hydroxyl groups excluding tert-OH is 1. The highest BCUT2D eigenvalue weighted by atomic mass is 16.3. The number of amides is 1. The summed E-state index contributed by atoms with van der Waals surface area (Å²) < 4.78 is 38.1. The van der Waals surface area contributed by atoms with Crippen LogP contribution in [0, 0.1) is 0 Å². The Labute approximate surface area is 96.4 Å². The van der Waals surface area contributed by atoms with Gasteiger partial charge >= 0.3 is 0 Å². The number of aliphatic hydroxyl groups is 1. The number of hydrogen-bond donors (Lipinski definition) is 1. The average Bonchev–Trinajstić information content (AvgIpc) is 2.74. The molecular weight excluding hydrogens is 190 g/mol. The summed E-state index contributed by atoms with van der Waals surface area (Å²) >= 11 is 0. The van der Waals surface area contributed by atoms with Crippen molar-refractivity contribution in [1.29, 1.82) is 0 Å². The lowest BCUT2D eigenvalue weighted by molar-refractivity contribution is 0.0667. The van der Waals surface area contributed by atoms with E-state index in [9.17, 15) is 9.90 Å². The summed E-state index contributed by atoms with van der Waals surface area (Å²) in [6.45, 7) is 1.98. The number of hydrogen-bond acceptors (Lipinski definition) is 2. The smallest absolute Gasteiger partial charge is 0.254 e. The molecule has 2 atom stereocenters. The molecule has 0 spiro atoms. The van der Waals surface area contributed by atoms with Gasteiger partial charge in [0.2, 0.25) is 0 Å². The molecule has 0 unspecified atom stereocenters. The van der Waals surface area contributed by atoms with Gasteiger partial charge in [-0.05, 0) is 25.4 Å². The third-order valence-electron chi connectivity index (χ3n) is 2.69. The quantitative estimate of drug-likeness (QED) is 0.758. The van der Waals surface area contributed by atoms with E-state index in [1.165, 1.54) is 4.90 Å². The van der Waals surface area contributed by atoms with Crippen LogP contribution in [0.15, 0.2) is 30.2 Å². The van der Waals surface area contributed by atoms with Crippen molar-refractivity contribution >= 4 is 5.91 Å². The highest BCUT2D eigenvalue weighted by Gasteiger charge is 2.32. The van der Waals surface area contributed by atoms with Crippen molar-refractivity contribution in [2.75, 3.05) is 6.54 Å². The van der Waals surface area contributed by atoms with E-state index in [0.717, 1.165) is 0 Å². The molecule has 3 nitrogen and oxygen atoms in total. The Morgan fingerprint density at radius 1 is 1.53 bits per heavy atom. The van der Waals surface area contributed by atoms with Gasteiger partial charge in [-0.1, -0.05) is 18.1 Å². The van der Waals surface area contributed by atoms with Crippen molar-refractivity contribution in [3.63, 3.8) is 0 Å². The van der Waals surface area contributed by atoms with Crippen molar-refractivity contribution < 1.29 is 16.8 Å². The van der Waals surface area contributed by atoms with Crippen LogP contribution in [0.3, 0.4) is 0 Å². The van der Waals surface area contributed by atoms with Crippen LogP contribution in [0.2, 0.25) is 0 Å². The van der Waals surface area contributed by atoms with E-state index in [1.54, 1.807) is 6.92 Å². The number of likely N-dealkylation sites (tertiary alicyclic amines) is 1. The molecule has 1 N–H and O–H groups in total. The second kappa shape index (κ2) is 4.03. The highest BCUT2D eigenvalue weighted by Crippen LogP contribution is 2.19. The van der Waals surface area contributed by atoms with Gasteiger partial charge in [-0.2, -0.15) is 0 Å². The van der Waals surface area contributed by atoms with E-state index < -0.39 is 48.3 Å². The Morgan fingerprint density at radius 2 is 2.20 bits per heavy atom. The Kier molecular flexibility index (Phi) is 1.52. The lowest BCUT2D eigenvalue weighted by Crippen LogP contribution is -2.37. The molecule has 1 heterocycles. The largest absolute Gasteiger partial charge is 0.391 e. The average molecular weight is 210 g/mol. The summed E-state index contributed by atoms with van der Waals surface area (Å²) in [5, 5.41) is 9.66. The zero-order valence-electron chi connectivity index (χ0n) is 13.4. The van der Waals surface area contributed by atoms with E-state index in [4.69, 9.17) is 6.85 Å². The summed E-state index contributed by atoms with van der Waals surface area (Å²) in [6.07, 6.45) is -0.227. The van der Waals surface area contributed by atoms with E-state index in [2.05, 4.69) is 0 Å². The molecule has 0 bridgehead atoms. The summed E-state index contributed by atoms with van der Waals surface area (Å²) in [6, 6.07) is -3.01. The van der Waals surface area contributed by atoms with Crippen LogP contribution in [-0.2, 0) is 0 Å². The molecular formula is C12H15NO2. The SMILES string of the molecule is [2H]c1c([2H])c([2H])c(C(=O)N2CC[C@H](O)[C@H]2C)c([2H])c1[2H]. The van der Waals surface area contributed by atoms with Crippen molar-refractivity contribution in [2.24, 2.45) is 0 Å². The maximum Gasteiger partial charge on any atom is 0.254 e. The van der Waals surface area contributed by atoms with Crippen molar-refractivity contribution in [1.82, 2.24) is 4.90 Å². The predicted octanol–water partition coefficient (Wildman–Crippen LogP) is 1.28. The third-order valence-corrected chi connectivity index (χ3v) is 2.69. The first-order chi connectivity index (χ1) is 9.27. The number of rotatable bonds is 1. The topological polar surface area (TPSA) is 40.5 Å². The first kappa shape index (κ1) is 5.66. The number of carbonyl (C=O) groups excluding carboxylic acids is 1. The molecule has 1 aromatic rings. The van der Waals surface area contributed by atoms with Gasteiger partial charge in [0.15, 0.2) is 0 Å². The maximum absolute atomic E-state index is 12.4. The molecule has 80 valence electrons. The first-order valence-corrected chi connectivity index (χ1v) is 4.83. The molecule has 1 aliphatic rings. The van der Waals surface area contributed by atoms with Crippen LogP contribution in [-0.4, -0.2) is 34.6 Å². The van der Waals surface area contributed by atoms with Gasteiger partial charge in [-0.15, -0.1) is 0 Å². The molecule has 3 heteroatoms. The van der Waals surface area contributed by atoms with Crippen LogP contribution in [0.5, 0.6) is 0 Å². The van der Waals surface area contributed by atoms with Gasteiger partial charge in [0.25, 0.3) is 5.91 Å². The zero-order chi connectivity index (χ0) is 15.2. The number of nitrogens with zero attached hydrogens (tertiary/aromatic N) is 1. The fourth-order valence-electron chi connectivity index (χ4n) is 1.71. The molecule has 0 aromatic heterocycles. The Hall–Kier alpha value is -1.35. The first-order valence-electron chi connectivity index (χ1n) is 7.33. The van der Waals surface area contributed by atoms with Crippen molar-refractivity contribution in [2.45, 2.75) is 25.5 Å². The normalized spacial score (nSPS) is 30.3. The molecule has 1 amide bonds. The third kappa shape index (κ3) is 1.88. The van der Waals surface area contributed by atoms with E-state index in [1.807, 2.05) is 0 Å². The van der Waals surface area contributed by atoms with E-state index >= 15 is 0 Å². The lowest BCUT2D eigenvalue weighted by Gasteiger charge is -2.22. The minimum atomic E-state index is -0.649. The molecule has 1 fully saturated rings. The van der Waals surface area contributed by atoms with Gasteiger partial charge in [-0.25, -0.2) is 0 Å². The van der Waals surface area contributed by atoms with Gasteiger partial charge in [0.1, 0.15) is 0 Å². The fraction of sp³-hybridized carbons (Fsp3) is 0.417.